The molecule has 1 aliphatic rings. The van der Waals surface area contributed by atoms with Gasteiger partial charge in [-0.05, 0) is 36.4 Å². The highest BCUT2D eigenvalue weighted by atomic mass is 32.2. The number of amides is 1. The van der Waals surface area contributed by atoms with Crippen LogP contribution in [0.15, 0.2) is 46.2 Å². The van der Waals surface area contributed by atoms with Crippen molar-refractivity contribution in [1.82, 2.24) is 14.6 Å². The molecule has 0 spiro atoms. The Morgan fingerprint density at radius 3 is 2.65 bits per heavy atom. The quantitative estimate of drug-likeness (QED) is 0.910. The van der Waals surface area contributed by atoms with Gasteiger partial charge in [-0.1, -0.05) is 6.07 Å². The van der Waals surface area contributed by atoms with Crippen molar-refractivity contribution in [3.8, 4) is 0 Å². The Kier molecular flexibility index (Phi) is 4.74. The van der Waals surface area contributed by atoms with Crippen LogP contribution in [0.3, 0.4) is 0 Å². The number of rotatable bonds is 4. The number of pyridine rings is 1. The SMILES string of the molecule is O=C(NC1CCN(S(=O)(=O)c2cccs2)CC1)c1cccnc1. The van der Waals surface area contributed by atoms with Gasteiger partial charge in [-0.15, -0.1) is 11.3 Å². The van der Waals surface area contributed by atoms with Crippen molar-refractivity contribution < 1.29 is 13.2 Å². The molecule has 0 bridgehead atoms. The molecule has 6 nitrogen and oxygen atoms in total. The number of thiophene rings is 1. The number of carbonyl (C=O) groups excluding carboxylic acids is 1. The van der Waals surface area contributed by atoms with Gasteiger partial charge in [0.2, 0.25) is 0 Å². The van der Waals surface area contributed by atoms with Crippen LogP contribution in [0.5, 0.6) is 0 Å². The van der Waals surface area contributed by atoms with Crippen LogP contribution in [0, 0.1) is 0 Å². The van der Waals surface area contributed by atoms with Crippen molar-refractivity contribution in [3.63, 3.8) is 0 Å². The van der Waals surface area contributed by atoms with E-state index in [-0.39, 0.29) is 11.9 Å². The Morgan fingerprint density at radius 1 is 1.26 bits per heavy atom. The lowest BCUT2D eigenvalue weighted by Gasteiger charge is -2.31. The molecule has 0 unspecified atom stereocenters. The molecule has 122 valence electrons. The molecule has 0 atom stereocenters. The van der Waals surface area contributed by atoms with E-state index >= 15 is 0 Å². The molecule has 1 saturated heterocycles. The van der Waals surface area contributed by atoms with Gasteiger partial charge >= 0.3 is 0 Å². The molecule has 1 aliphatic heterocycles. The highest BCUT2D eigenvalue weighted by molar-refractivity contribution is 7.91. The maximum Gasteiger partial charge on any atom is 0.253 e. The number of hydrogen-bond acceptors (Lipinski definition) is 5. The molecular weight excluding hydrogens is 334 g/mol. The monoisotopic (exact) mass is 351 g/mol. The van der Waals surface area contributed by atoms with Crippen LogP contribution in [0.1, 0.15) is 23.2 Å². The summed E-state index contributed by atoms with van der Waals surface area (Å²) in [5.41, 5.74) is 0.515. The summed E-state index contributed by atoms with van der Waals surface area (Å²) in [6.07, 6.45) is 4.35. The fraction of sp³-hybridized carbons (Fsp3) is 0.333. The molecule has 2 aromatic heterocycles. The van der Waals surface area contributed by atoms with Crippen molar-refractivity contribution in [1.29, 1.82) is 0 Å². The minimum Gasteiger partial charge on any atom is -0.349 e. The van der Waals surface area contributed by atoms with E-state index in [1.54, 1.807) is 35.8 Å². The predicted molar refractivity (Wildman–Crippen MR) is 87.8 cm³/mol. The van der Waals surface area contributed by atoms with Gasteiger partial charge in [0.1, 0.15) is 4.21 Å². The van der Waals surface area contributed by atoms with Crippen LogP contribution in [0.4, 0.5) is 0 Å². The molecule has 0 saturated carbocycles. The number of hydrogen-bond donors (Lipinski definition) is 1. The summed E-state index contributed by atoms with van der Waals surface area (Å²) in [4.78, 5) is 16.0. The number of piperidine rings is 1. The molecule has 2 aromatic rings. The Labute approximate surface area is 139 Å². The van der Waals surface area contributed by atoms with Crippen molar-refractivity contribution in [3.05, 3.63) is 47.6 Å². The molecule has 1 amide bonds. The summed E-state index contributed by atoms with van der Waals surface area (Å²) in [5.74, 6) is -0.169. The number of aromatic nitrogens is 1. The van der Waals surface area contributed by atoms with E-state index in [4.69, 9.17) is 0 Å². The lowest BCUT2D eigenvalue weighted by Crippen LogP contribution is -2.46. The average Bonchev–Trinajstić information content (AvgIpc) is 3.11. The standard InChI is InChI=1S/C15H17N3O3S2/c19-15(12-3-1-7-16-11-12)17-13-5-8-18(9-6-13)23(20,21)14-4-2-10-22-14/h1-4,7,10-11,13H,5-6,8-9H2,(H,17,19). The van der Waals surface area contributed by atoms with E-state index in [1.165, 1.54) is 21.8 Å². The van der Waals surface area contributed by atoms with Crippen LogP contribution < -0.4 is 5.32 Å². The first-order chi connectivity index (χ1) is 11.1. The Morgan fingerprint density at radius 2 is 2.04 bits per heavy atom. The summed E-state index contributed by atoms with van der Waals surface area (Å²) >= 11 is 1.23. The number of nitrogens with zero attached hydrogens (tertiary/aromatic N) is 2. The largest absolute Gasteiger partial charge is 0.349 e. The molecule has 8 heteroatoms. The fourth-order valence-corrected chi connectivity index (χ4v) is 5.16. The van der Waals surface area contributed by atoms with E-state index < -0.39 is 10.0 Å². The summed E-state index contributed by atoms with van der Waals surface area (Å²) < 4.78 is 26.7. The van der Waals surface area contributed by atoms with Crippen LogP contribution in [-0.2, 0) is 10.0 Å². The van der Waals surface area contributed by atoms with E-state index in [0.717, 1.165) is 0 Å². The number of carbonyl (C=O) groups is 1. The molecule has 3 heterocycles. The topological polar surface area (TPSA) is 79.4 Å². The smallest absolute Gasteiger partial charge is 0.253 e. The van der Waals surface area contributed by atoms with Crippen LogP contribution >= 0.6 is 11.3 Å². The van der Waals surface area contributed by atoms with Gasteiger partial charge < -0.3 is 5.32 Å². The van der Waals surface area contributed by atoms with Gasteiger partial charge in [-0.2, -0.15) is 4.31 Å². The highest BCUT2D eigenvalue weighted by Crippen LogP contribution is 2.24. The van der Waals surface area contributed by atoms with E-state index in [1.807, 2.05) is 0 Å². The third-order valence-corrected chi connectivity index (χ3v) is 7.07. The first-order valence-corrected chi connectivity index (χ1v) is 9.64. The van der Waals surface area contributed by atoms with Crippen molar-refractivity contribution in [2.75, 3.05) is 13.1 Å². The van der Waals surface area contributed by atoms with Crippen molar-refractivity contribution in [2.24, 2.45) is 0 Å². The van der Waals surface area contributed by atoms with Crippen LogP contribution in [0.2, 0.25) is 0 Å². The minimum absolute atomic E-state index is 0.0162. The molecule has 0 aromatic carbocycles. The van der Waals surface area contributed by atoms with Crippen molar-refractivity contribution >= 4 is 27.3 Å². The number of sulfonamides is 1. The molecule has 1 N–H and O–H groups in total. The molecule has 1 fully saturated rings. The van der Waals surface area contributed by atoms with Gasteiger partial charge in [0.05, 0.1) is 5.56 Å². The minimum atomic E-state index is -3.39. The second-order valence-corrected chi connectivity index (χ2v) is 8.44. The Bertz CT molecular complexity index is 753. The zero-order valence-electron chi connectivity index (χ0n) is 12.4. The lowest BCUT2D eigenvalue weighted by atomic mass is 10.1. The summed E-state index contributed by atoms with van der Waals surface area (Å²) in [7, 11) is -3.39. The summed E-state index contributed by atoms with van der Waals surface area (Å²) in [6.45, 7) is 0.830. The zero-order valence-corrected chi connectivity index (χ0v) is 14.0. The van der Waals surface area contributed by atoms with E-state index in [0.29, 0.717) is 35.7 Å². The van der Waals surface area contributed by atoms with Crippen molar-refractivity contribution in [2.45, 2.75) is 23.1 Å². The second-order valence-electron chi connectivity index (χ2n) is 5.33. The molecule has 0 radical (unpaired) electrons. The fourth-order valence-electron chi connectivity index (χ4n) is 2.54. The van der Waals surface area contributed by atoms with E-state index in [2.05, 4.69) is 10.3 Å². The van der Waals surface area contributed by atoms with Gasteiger partial charge in [0.15, 0.2) is 0 Å². The van der Waals surface area contributed by atoms with Crippen LogP contribution in [0.25, 0.3) is 0 Å². The first kappa shape index (κ1) is 16.1. The van der Waals surface area contributed by atoms with Gasteiger partial charge in [0.25, 0.3) is 15.9 Å². The van der Waals surface area contributed by atoms with Crippen LogP contribution in [-0.4, -0.2) is 42.7 Å². The Hall–Kier alpha value is -1.77. The maximum absolute atomic E-state index is 12.4. The predicted octanol–water partition coefficient (Wildman–Crippen LogP) is 1.73. The van der Waals surface area contributed by atoms with Gasteiger partial charge in [-0.3, -0.25) is 9.78 Å². The molecule has 23 heavy (non-hydrogen) atoms. The average molecular weight is 351 g/mol. The zero-order chi connectivity index (χ0) is 16.3. The molecule has 3 rings (SSSR count). The van der Waals surface area contributed by atoms with Gasteiger partial charge in [-0.25, -0.2) is 8.42 Å². The lowest BCUT2D eigenvalue weighted by molar-refractivity contribution is 0.0923. The maximum atomic E-state index is 12.4. The second kappa shape index (κ2) is 6.77. The normalized spacial score (nSPS) is 17.0. The summed E-state index contributed by atoms with van der Waals surface area (Å²) in [6, 6.07) is 6.76. The van der Waals surface area contributed by atoms with Gasteiger partial charge in [0, 0.05) is 31.5 Å². The highest BCUT2D eigenvalue weighted by Gasteiger charge is 2.30. The number of nitrogens with one attached hydrogen (secondary N) is 1. The molecular formula is C15H17N3O3S2. The third-order valence-electron chi connectivity index (χ3n) is 3.80. The van der Waals surface area contributed by atoms with E-state index in [9.17, 15) is 13.2 Å². The third kappa shape index (κ3) is 3.60. The summed E-state index contributed by atoms with van der Waals surface area (Å²) in [5, 5.41) is 4.70. The first-order valence-electron chi connectivity index (χ1n) is 7.32. The Balaban J connectivity index is 1.58. The molecule has 0 aliphatic carbocycles.